The van der Waals surface area contributed by atoms with E-state index in [0.717, 1.165) is 38.0 Å². The monoisotopic (exact) mass is 446 g/mol. The number of piperidine rings is 1. The van der Waals surface area contributed by atoms with Gasteiger partial charge in [0.05, 0.1) is 0 Å². The molecule has 7 heteroatoms. The van der Waals surface area contributed by atoms with E-state index in [4.69, 9.17) is 17.3 Å². The van der Waals surface area contributed by atoms with E-state index in [1.807, 2.05) is 18.2 Å². The molecule has 3 N–H and O–H groups in total. The second-order valence-electron chi connectivity index (χ2n) is 8.19. The topological polar surface area (TPSA) is 61.6 Å². The SMILES string of the molecule is CNC(=O)c1cccc(N(Cc2cc(Cl)ccc2F)C2CCN(C(C)CCN)CC2)c1. The number of rotatable bonds is 8. The van der Waals surface area contributed by atoms with Crippen LogP contribution in [0.1, 0.15) is 42.1 Å². The Bertz CT molecular complexity index is 886. The maximum absolute atomic E-state index is 14.6. The fraction of sp³-hybridized carbons (Fsp3) is 0.458. The molecule has 1 aliphatic heterocycles. The summed E-state index contributed by atoms with van der Waals surface area (Å²) >= 11 is 6.15. The smallest absolute Gasteiger partial charge is 0.251 e. The van der Waals surface area contributed by atoms with Crippen LogP contribution in [-0.4, -0.2) is 49.6 Å². The number of nitrogens with one attached hydrogen (secondary N) is 1. The van der Waals surface area contributed by atoms with Crippen molar-refractivity contribution in [1.82, 2.24) is 10.2 Å². The van der Waals surface area contributed by atoms with E-state index in [2.05, 4.69) is 22.0 Å². The third kappa shape index (κ3) is 5.97. The summed E-state index contributed by atoms with van der Waals surface area (Å²) in [6.45, 7) is 5.24. The number of halogens is 2. The van der Waals surface area contributed by atoms with Gasteiger partial charge in [-0.1, -0.05) is 17.7 Å². The Hall–Kier alpha value is -2.15. The molecule has 1 heterocycles. The molecule has 2 aromatic rings. The molecule has 0 aromatic heterocycles. The average Bonchev–Trinajstić information content (AvgIpc) is 2.79. The Morgan fingerprint density at radius 2 is 2.03 bits per heavy atom. The summed E-state index contributed by atoms with van der Waals surface area (Å²) in [6, 6.07) is 12.9. The van der Waals surface area contributed by atoms with Crippen molar-refractivity contribution in [3.63, 3.8) is 0 Å². The highest BCUT2D eigenvalue weighted by Crippen LogP contribution is 2.29. The first-order valence-corrected chi connectivity index (χ1v) is 11.3. The number of carbonyl (C=O) groups is 1. The number of hydrogen-bond donors (Lipinski definition) is 2. The van der Waals surface area contributed by atoms with Crippen LogP contribution in [0.4, 0.5) is 10.1 Å². The Kier molecular flexibility index (Phi) is 8.29. The summed E-state index contributed by atoms with van der Waals surface area (Å²) in [5.41, 5.74) is 7.79. The first-order valence-electron chi connectivity index (χ1n) is 10.9. The molecule has 1 amide bonds. The van der Waals surface area contributed by atoms with Crippen molar-refractivity contribution in [3.8, 4) is 0 Å². The van der Waals surface area contributed by atoms with Crippen molar-refractivity contribution >= 4 is 23.2 Å². The van der Waals surface area contributed by atoms with E-state index in [9.17, 15) is 9.18 Å². The van der Waals surface area contributed by atoms with Crippen molar-refractivity contribution in [1.29, 1.82) is 0 Å². The highest BCUT2D eigenvalue weighted by molar-refractivity contribution is 6.30. The van der Waals surface area contributed by atoms with Crippen LogP contribution in [0, 0.1) is 5.82 Å². The maximum atomic E-state index is 14.6. The summed E-state index contributed by atoms with van der Waals surface area (Å²) < 4.78 is 14.6. The fourth-order valence-electron chi connectivity index (χ4n) is 4.31. The molecule has 1 fully saturated rings. The van der Waals surface area contributed by atoms with E-state index in [-0.39, 0.29) is 17.8 Å². The van der Waals surface area contributed by atoms with Gasteiger partial charge in [0.2, 0.25) is 0 Å². The van der Waals surface area contributed by atoms with Gasteiger partial charge in [-0.2, -0.15) is 0 Å². The molecule has 0 bridgehead atoms. The van der Waals surface area contributed by atoms with E-state index >= 15 is 0 Å². The standard InChI is InChI=1S/C24H32ClFN4O/c1-17(8-11-27)29-12-9-21(10-13-29)30(16-19-14-20(25)6-7-23(19)26)22-5-3-4-18(15-22)24(31)28-2/h3-7,14-15,17,21H,8-13,16,27H2,1-2H3,(H,28,31). The Labute approximate surface area is 189 Å². The van der Waals surface area contributed by atoms with Gasteiger partial charge >= 0.3 is 0 Å². The van der Waals surface area contributed by atoms with Crippen LogP contribution in [0.25, 0.3) is 0 Å². The van der Waals surface area contributed by atoms with Crippen molar-refractivity contribution in [3.05, 3.63) is 64.4 Å². The summed E-state index contributed by atoms with van der Waals surface area (Å²) in [5, 5.41) is 3.19. The minimum Gasteiger partial charge on any atom is -0.364 e. The third-order valence-electron chi connectivity index (χ3n) is 6.16. The van der Waals surface area contributed by atoms with Crippen LogP contribution in [0.5, 0.6) is 0 Å². The number of anilines is 1. The number of hydrogen-bond acceptors (Lipinski definition) is 4. The lowest BCUT2D eigenvalue weighted by Crippen LogP contribution is -2.48. The highest BCUT2D eigenvalue weighted by Gasteiger charge is 2.28. The van der Waals surface area contributed by atoms with Gasteiger partial charge in [0, 0.05) is 60.6 Å². The van der Waals surface area contributed by atoms with Gasteiger partial charge in [-0.05, 0) is 69.1 Å². The molecule has 0 saturated carbocycles. The maximum Gasteiger partial charge on any atom is 0.251 e. The Morgan fingerprint density at radius 3 is 2.71 bits per heavy atom. The predicted molar refractivity (Wildman–Crippen MR) is 125 cm³/mol. The average molecular weight is 447 g/mol. The minimum atomic E-state index is -0.272. The molecule has 3 rings (SSSR count). The van der Waals surface area contributed by atoms with Crippen molar-refractivity contribution in [2.45, 2.75) is 44.8 Å². The molecule has 0 spiro atoms. The molecule has 5 nitrogen and oxygen atoms in total. The molecule has 1 aliphatic rings. The van der Waals surface area contributed by atoms with Gasteiger partial charge in [0.15, 0.2) is 0 Å². The van der Waals surface area contributed by atoms with E-state index in [1.54, 1.807) is 25.2 Å². The molecular weight excluding hydrogens is 415 g/mol. The zero-order valence-corrected chi connectivity index (χ0v) is 19.0. The normalized spacial score (nSPS) is 16.2. The number of benzene rings is 2. The van der Waals surface area contributed by atoms with Crippen LogP contribution in [0.15, 0.2) is 42.5 Å². The molecule has 0 radical (unpaired) electrons. The first-order chi connectivity index (χ1) is 14.9. The molecule has 1 atom stereocenters. The van der Waals surface area contributed by atoms with Gasteiger partial charge in [-0.3, -0.25) is 4.79 Å². The highest BCUT2D eigenvalue weighted by atomic mass is 35.5. The Morgan fingerprint density at radius 1 is 1.29 bits per heavy atom. The Balaban J connectivity index is 1.87. The molecule has 0 aliphatic carbocycles. The van der Waals surface area contributed by atoms with Crippen LogP contribution in [-0.2, 0) is 6.54 Å². The first kappa shape index (κ1) is 23.5. The minimum absolute atomic E-state index is 0.138. The third-order valence-corrected chi connectivity index (χ3v) is 6.40. The number of amides is 1. The molecule has 31 heavy (non-hydrogen) atoms. The molecule has 1 saturated heterocycles. The van der Waals surface area contributed by atoms with Gasteiger partial charge in [-0.25, -0.2) is 4.39 Å². The number of carbonyl (C=O) groups excluding carboxylic acids is 1. The zero-order valence-electron chi connectivity index (χ0n) is 18.3. The van der Waals surface area contributed by atoms with Gasteiger partial charge in [0.1, 0.15) is 5.82 Å². The lowest BCUT2D eigenvalue weighted by Gasteiger charge is -2.42. The van der Waals surface area contributed by atoms with Crippen LogP contribution in [0.3, 0.4) is 0 Å². The molecule has 2 aromatic carbocycles. The lowest BCUT2D eigenvalue weighted by atomic mass is 9.98. The summed E-state index contributed by atoms with van der Waals surface area (Å²) in [7, 11) is 1.62. The van der Waals surface area contributed by atoms with Crippen molar-refractivity contribution in [2.75, 3.05) is 31.6 Å². The van der Waals surface area contributed by atoms with Crippen molar-refractivity contribution < 1.29 is 9.18 Å². The molecular formula is C24H32ClFN4O. The van der Waals surface area contributed by atoms with Crippen LogP contribution in [0.2, 0.25) is 5.02 Å². The number of nitrogens with two attached hydrogens (primary N) is 1. The van der Waals surface area contributed by atoms with E-state index in [1.165, 1.54) is 6.07 Å². The second kappa shape index (κ2) is 10.9. The second-order valence-corrected chi connectivity index (χ2v) is 8.62. The van der Waals surface area contributed by atoms with Gasteiger partial charge in [0.25, 0.3) is 5.91 Å². The summed E-state index contributed by atoms with van der Waals surface area (Å²) in [6.07, 6.45) is 2.90. The lowest BCUT2D eigenvalue weighted by molar-refractivity contribution is 0.0963. The quantitative estimate of drug-likeness (QED) is 0.642. The largest absolute Gasteiger partial charge is 0.364 e. The van der Waals surface area contributed by atoms with Crippen LogP contribution < -0.4 is 16.0 Å². The predicted octanol–water partition coefficient (Wildman–Crippen LogP) is 4.05. The number of nitrogens with zero attached hydrogens (tertiary/aromatic N) is 2. The summed E-state index contributed by atoms with van der Waals surface area (Å²) in [5.74, 6) is -0.410. The van der Waals surface area contributed by atoms with E-state index < -0.39 is 0 Å². The zero-order chi connectivity index (χ0) is 22.4. The molecule has 1 unspecified atom stereocenters. The van der Waals surface area contributed by atoms with Gasteiger partial charge < -0.3 is 20.9 Å². The number of likely N-dealkylation sites (tertiary alicyclic amines) is 1. The van der Waals surface area contributed by atoms with Crippen molar-refractivity contribution in [2.24, 2.45) is 5.73 Å². The fourth-order valence-corrected chi connectivity index (χ4v) is 4.51. The summed E-state index contributed by atoms with van der Waals surface area (Å²) in [4.78, 5) is 16.9. The molecule has 168 valence electrons. The van der Waals surface area contributed by atoms with Gasteiger partial charge in [-0.15, -0.1) is 0 Å². The van der Waals surface area contributed by atoms with E-state index in [0.29, 0.717) is 35.3 Å². The van der Waals surface area contributed by atoms with Crippen LogP contribution >= 0.6 is 11.6 Å².